The van der Waals surface area contributed by atoms with Crippen LogP contribution in [0.1, 0.15) is 16.1 Å². The van der Waals surface area contributed by atoms with E-state index in [0.717, 1.165) is 11.8 Å². The summed E-state index contributed by atoms with van der Waals surface area (Å²) in [6.07, 6.45) is 0. The van der Waals surface area contributed by atoms with Gasteiger partial charge in [0, 0.05) is 5.56 Å². The molecule has 0 bridgehead atoms. The normalized spacial score (nSPS) is 10.4. The average Bonchev–Trinajstić information content (AvgIpc) is 2.40. The number of thioether (sulfide) groups is 1. The van der Waals surface area contributed by atoms with Gasteiger partial charge in [0.15, 0.2) is 10.9 Å². The summed E-state index contributed by atoms with van der Waals surface area (Å²) in [4.78, 5) is 25.6. The van der Waals surface area contributed by atoms with Gasteiger partial charge in [0.05, 0.1) is 5.75 Å². The number of aromatic nitrogens is 3. The van der Waals surface area contributed by atoms with E-state index in [1.54, 1.807) is 6.92 Å². The van der Waals surface area contributed by atoms with Gasteiger partial charge in [-0.15, -0.1) is 10.2 Å². The van der Waals surface area contributed by atoms with E-state index in [-0.39, 0.29) is 27.9 Å². The second-order valence-electron chi connectivity index (χ2n) is 3.76. The zero-order valence-electron chi connectivity index (χ0n) is 10.0. The molecule has 0 unspecified atom stereocenters. The van der Waals surface area contributed by atoms with Crippen LogP contribution < -0.4 is 5.56 Å². The molecule has 2 rings (SSSR count). The third kappa shape index (κ3) is 3.47. The Balaban J connectivity index is 2.02. The van der Waals surface area contributed by atoms with Gasteiger partial charge in [-0.3, -0.25) is 14.6 Å². The van der Waals surface area contributed by atoms with Crippen LogP contribution in [-0.4, -0.2) is 26.7 Å². The first-order valence-corrected chi connectivity index (χ1v) is 6.40. The molecule has 19 heavy (non-hydrogen) atoms. The van der Waals surface area contributed by atoms with E-state index in [2.05, 4.69) is 15.2 Å². The number of carbonyl (C=O) groups is 1. The van der Waals surface area contributed by atoms with Crippen molar-refractivity contribution in [3.8, 4) is 0 Å². The molecule has 0 saturated carbocycles. The van der Waals surface area contributed by atoms with Crippen LogP contribution in [0.4, 0.5) is 4.39 Å². The van der Waals surface area contributed by atoms with Crippen molar-refractivity contribution >= 4 is 17.5 Å². The summed E-state index contributed by atoms with van der Waals surface area (Å²) in [5, 5.41) is 7.71. The smallest absolute Gasteiger partial charge is 0.273 e. The lowest BCUT2D eigenvalue weighted by Gasteiger charge is -2.01. The van der Waals surface area contributed by atoms with Gasteiger partial charge in [-0.1, -0.05) is 11.8 Å². The highest BCUT2D eigenvalue weighted by Crippen LogP contribution is 2.13. The number of hydrogen-bond donors (Lipinski definition) is 1. The van der Waals surface area contributed by atoms with Crippen molar-refractivity contribution < 1.29 is 9.18 Å². The lowest BCUT2D eigenvalue weighted by Crippen LogP contribution is -2.14. The molecule has 0 aliphatic heterocycles. The lowest BCUT2D eigenvalue weighted by molar-refractivity contribution is 0.102. The van der Waals surface area contributed by atoms with Crippen LogP contribution in [0.3, 0.4) is 0 Å². The molecule has 0 saturated heterocycles. The third-order valence-corrected chi connectivity index (χ3v) is 3.21. The summed E-state index contributed by atoms with van der Waals surface area (Å²) in [5.41, 5.74) is 0.359. The Morgan fingerprint density at radius 1 is 1.32 bits per heavy atom. The lowest BCUT2D eigenvalue weighted by atomic mass is 10.1. The molecule has 0 radical (unpaired) electrons. The van der Waals surface area contributed by atoms with Crippen molar-refractivity contribution in [2.75, 3.05) is 5.75 Å². The van der Waals surface area contributed by atoms with Gasteiger partial charge in [0.1, 0.15) is 11.5 Å². The molecule has 0 amide bonds. The monoisotopic (exact) mass is 279 g/mol. The van der Waals surface area contributed by atoms with Crippen LogP contribution in [0.25, 0.3) is 0 Å². The molecule has 7 heteroatoms. The van der Waals surface area contributed by atoms with Gasteiger partial charge >= 0.3 is 0 Å². The maximum absolute atomic E-state index is 12.7. The van der Waals surface area contributed by atoms with E-state index in [9.17, 15) is 14.0 Å². The summed E-state index contributed by atoms with van der Waals surface area (Å²) >= 11 is 1.08. The first kappa shape index (κ1) is 13.4. The van der Waals surface area contributed by atoms with Gasteiger partial charge in [0.2, 0.25) is 0 Å². The summed E-state index contributed by atoms with van der Waals surface area (Å²) in [6.45, 7) is 1.55. The van der Waals surface area contributed by atoms with Crippen molar-refractivity contribution in [2.45, 2.75) is 12.1 Å². The average molecular weight is 279 g/mol. The molecule has 2 aromatic rings. The SMILES string of the molecule is Cc1nnc(SCC(=O)c2ccc(F)cc2)[nH]c1=O. The maximum Gasteiger partial charge on any atom is 0.273 e. The van der Waals surface area contributed by atoms with Gasteiger partial charge in [-0.2, -0.15) is 0 Å². The fraction of sp³-hybridized carbons (Fsp3) is 0.167. The van der Waals surface area contributed by atoms with E-state index < -0.39 is 5.82 Å². The molecule has 1 aromatic heterocycles. The number of nitrogens with zero attached hydrogens (tertiary/aromatic N) is 2. The number of Topliss-reactive ketones (excluding diaryl/α,β-unsaturated/α-hetero) is 1. The number of ketones is 1. The molecule has 1 aromatic carbocycles. The quantitative estimate of drug-likeness (QED) is 0.679. The number of aryl methyl sites for hydroxylation is 1. The highest BCUT2D eigenvalue weighted by atomic mass is 32.2. The number of hydrogen-bond acceptors (Lipinski definition) is 5. The molecule has 0 spiro atoms. The van der Waals surface area contributed by atoms with E-state index in [0.29, 0.717) is 5.56 Å². The highest BCUT2D eigenvalue weighted by Gasteiger charge is 2.08. The minimum Gasteiger partial charge on any atom is -0.298 e. The Morgan fingerprint density at radius 3 is 2.63 bits per heavy atom. The summed E-state index contributed by atoms with van der Waals surface area (Å²) in [5.74, 6) is -0.467. The van der Waals surface area contributed by atoms with Crippen molar-refractivity contribution in [1.82, 2.24) is 15.2 Å². The minimum atomic E-state index is -0.391. The topological polar surface area (TPSA) is 75.7 Å². The molecule has 0 fully saturated rings. The summed E-state index contributed by atoms with van der Waals surface area (Å²) < 4.78 is 12.7. The zero-order chi connectivity index (χ0) is 13.8. The number of rotatable bonds is 4. The van der Waals surface area contributed by atoms with Crippen LogP contribution in [0, 0.1) is 12.7 Å². The predicted octanol–water partition coefficient (Wildman–Crippen LogP) is 1.59. The van der Waals surface area contributed by atoms with Crippen molar-refractivity contribution in [2.24, 2.45) is 0 Å². The van der Waals surface area contributed by atoms with Gasteiger partial charge < -0.3 is 0 Å². The number of benzene rings is 1. The molecular weight excluding hydrogens is 269 g/mol. The van der Waals surface area contributed by atoms with E-state index in [1.165, 1.54) is 24.3 Å². The Hall–Kier alpha value is -2.02. The van der Waals surface area contributed by atoms with Crippen molar-refractivity contribution in [1.29, 1.82) is 0 Å². The van der Waals surface area contributed by atoms with Crippen molar-refractivity contribution in [3.63, 3.8) is 0 Å². The van der Waals surface area contributed by atoms with Gasteiger partial charge in [0.25, 0.3) is 5.56 Å². The Kier molecular flexibility index (Phi) is 4.06. The van der Waals surface area contributed by atoms with Crippen LogP contribution >= 0.6 is 11.8 Å². The molecule has 98 valence electrons. The molecule has 0 aliphatic rings. The van der Waals surface area contributed by atoms with Gasteiger partial charge in [-0.25, -0.2) is 4.39 Å². The summed E-state index contributed by atoms with van der Waals surface area (Å²) in [7, 11) is 0. The molecule has 0 atom stereocenters. The number of aromatic amines is 1. The number of carbonyl (C=O) groups excluding carboxylic acids is 1. The Bertz CT molecular complexity index is 655. The first-order valence-electron chi connectivity index (χ1n) is 5.41. The molecule has 1 N–H and O–H groups in total. The zero-order valence-corrected chi connectivity index (χ0v) is 10.8. The second-order valence-corrected chi connectivity index (χ2v) is 4.73. The van der Waals surface area contributed by atoms with E-state index >= 15 is 0 Å². The Labute approximate surface area is 112 Å². The van der Waals surface area contributed by atoms with E-state index in [4.69, 9.17) is 0 Å². The first-order chi connectivity index (χ1) is 9.06. The second kappa shape index (κ2) is 5.75. The van der Waals surface area contributed by atoms with Crippen LogP contribution in [0.15, 0.2) is 34.2 Å². The number of halogens is 1. The molecule has 5 nitrogen and oxygen atoms in total. The predicted molar refractivity (Wildman–Crippen MR) is 68.8 cm³/mol. The standard InChI is InChI=1S/C12H10FN3O2S/c1-7-11(18)14-12(16-15-7)19-6-10(17)8-2-4-9(13)5-3-8/h2-5H,6H2,1H3,(H,14,16,18). The third-order valence-electron chi connectivity index (χ3n) is 2.35. The van der Waals surface area contributed by atoms with Crippen LogP contribution in [-0.2, 0) is 0 Å². The molecule has 0 aliphatic carbocycles. The highest BCUT2D eigenvalue weighted by molar-refractivity contribution is 7.99. The molecular formula is C12H10FN3O2S. The largest absolute Gasteiger partial charge is 0.298 e. The number of nitrogens with one attached hydrogen (secondary N) is 1. The molecule has 1 heterocycles. The van der Waals surface area contributed by atoms with E-state index in [1.807, 2.05) is 0 Å². The fourth-order valence-electron chi connectivity index (χ4n) is 1.30. The Morgan fingerprint density at radius 2 is 2.00 bits per heavy atom. The van der Waals surface area contributed by atoms with Crippen LogP contribution in [0.2, 0.25) is 0 Å². The minimum absolute atomic E-state index is 0.0965. The summed E-state index contributed by atoms with van der Waals surface area (Å²) in [6, 6.07) is 5.29. The number of H-pyrrole nitrogens is 1. The van der Waals surface area contributed by atoms with Gasteiger partial charge in [-0.05, 0) is 31.2 Å². The van der Waals surface area contributed by atoms with Crippen LogP contribution in [0.5, 0.6) is 0 Å². The fourth-order valence-corrected chi connectivity index (χ4v) is 1.99. The van der Waals surface area contributed by atoms with Crippen molar-refractivity contribution in [3.05, 3.63) is 51.7 Å². The maximum atomic E-state index is 12.7.